The Morgan fingerprint density at radius 2 is 1.32 bits per heavy atom. The number of aliphatic carboxylic acids is 1. The lowest BCUT2D eigenvalue weighted by Gasteiger charge is -2.04. The van der Waals surface area contributed by atoms with E-state index in [1.807, 2.05) is 18.2 Å². The van der Waals surface area contributed by atoms with Crippen molar-refractivity contribution >= 4 is 5.97 Å². The molecule has 0 amide bonds. The summed E-state index contributed by atoms with van der Waals surface area (Å²) in [5.74, 6) is -0.757. The number of aryl methyl sites for hydroxylation is 1. The number of hydrogen-bond acceptors (Lipinski definition) is 1. The average Bonchev–Trinajstić information content (AvgIpc) is 2.67. The van der Waals surface area contributed by atoms with Gasteiger partial charge in [-0.05, 0) is 49.7 Å². The van der Waals surface area contributed by atoms with Crippen LogP contribution in [0, 0.1) is 0 Å². The molecule has 0 aliphatic heterocycles. The van der Waals surface area contributed by atoms with Crippen molar-refractivity contribution in [1.82, 2.24) is 0 Å². The fraction of sp³-hybridized carbons (Fsp3) is 0.654. The van der Waals surface area contributed by atoms with E-state index in [4.69, 9.17) is 5.11 Å². The van der Waals surface area contributed by atoms with Crippen LogP contribution < -0.4 is 0 Å². The zero-order valence-corrected chi connectivity index (χ0v) is 18.1. The highest BCUT2D eigenvalue weighted by atomic mass is 16.4. The molecule has 0 spiro atoms. The summed E-state index contributed by atoms with van der Waals surface area (Å²) >= 11 is 0. The van der Waals surface area contributed by atoms with Crippen LogP contribution in [-0.4, -0.2) is 11.1 Å². The van der Waals surface area contributed by atoms with Gasteiger partial charge in [0.15, 0.2) is 0 Å². The van der Waals surface area contributed by atoms with E-state index in [1.54, 1.807) is 0 Å². The zero-order chi connectivity index (χ0) is 20.3. The van der Waals surface area contributed by atoms with Crippen LogP contribution in [0.5, 0.6) is 0 Å². The lowest BCUT2D eigenvalue weighted by Crippen LogP contribution is -2.00. The molecule has 0 aliphatic rings. The third kappa shape index (κ3) is 14.5. The highest BCUT2D eigenvalue weighted by Gasteiger charge is 2.01. The van der Waals surface area contributed by atoms with Crippen LogP contribution in [0.4, 0.5) is 0 Å². The summed E-state index contributed by atoms with van der Waals surface area (Å²) < 4.78 is 0. The molecule has 0 saturated carbocycles. The highest BCUT2D eigenvalue weighted by Crippen LogP contribution is 2.13. The largest absolute Gasteiger partial charge is 0.481 e. The minimum Gasteiger partial charge on any atom is -0.481 e. The minimum absolute atomic E-state index is 0.124. The van der Waals surface area contributed by atoms with Crippen molar-refractivity contribution < 1.29 is 9.90 Å². The summed E-state index contributed by atoms with van der Waals surface area (Å²) in [6, 6.07) is 8.03. The number of carboxylic acids is 1. The van der Waals surface area contributed by atoms with E-state index >= 15 is 0 Å². The maximum Gasteiger partial charge on any atom is 0.307 e. The summed E-state index contributed by atoms with van der Waals surface area (Å²) in [5.41, 5.74) is 2.18. The van der Waals surface area contributed by atoms with Crippen molar-refractivity contribution in [1.29, 1.82) is 0 Å². The Kier molecular flexibility index (Phi) is 15.3. The number of carbonyl (C=O) groups is 1. The molecule has 28 heavy (non-hydrogen) atoms. The number of unbranched alkanes of at least 4 members (excludes halogenated alkanes) is 12. The van der Waals surface area contributed by atoms with Crippen LogP contribution in [0.3, 0.4) is 0 Å². The van der Waals surface area contributed by atoms with Crippen molar-refractivity contribution in [2.24, 2.45) is 0 Å². The number of allylic oxidation sites excluding steroid dienone is 2. The smallest absolute Gasteiger partial charge is 0.307 e. The van der Waals surface area contributed by atoms with Crippen molar-refractivity contribution in [2.75, 3.05) is 0 Å². The molecule has 0 aromatic heterocycles. The van der Waals surface area contributed by atoms with Crippen LogP contribution in [0.1, 0.15) is 108 Å². The molecule has 0 fully saturated rings. The van der Waals surface area contributed by atoms with Gasteiger partial charge in [0.2, 0.25) is 0 Å². The number of carboxylic acid groups (broad SMARTS) is 1. The molecular formula is C26H42O2. The van der Waals surface area contributed by atoms with Gasteiger partial charge < -0.3 is 5.11 Å². The lowest BCUT2D eigenvalue weighted by molar-refractivity contribution is -0.136. The predicted molar refractivity (Wildman–Crippen MR) is 121 cm³/mol. The molecule has 1 N–H and O–H groups in total. The predicted octanol–water partition coefficient (Wildman–Crippen LogP) is 7.89. The molecule has 0 heterocycles. The molecular weight excluding hydrogens is 344 g/mol. The number of hydrogen-bond donors (Lipinski definition) is 1. The van der Waals surface area contributed by atoms with Crippen molar-refractivity contribution in [3.63, 3.8) is 0 Å². The molecule has 0 aliphatic carbocycles. The van der Waals surface area contributed by atoms with Gasteiger partial charge in [0, 0.05) is 0 Å². The highest BCUT2D eigenvalue weighted by molar-refractivity contribution is 5.70. The molecule has 1 aromatic rings. The second-order valence-electron chi connectivity index (χ2n) is 8.08. The van der Waals surface area contributed by atoms with Gasteiger partial charge in [-0.25, -0.2) is 0 Å². The van der Waals surface area contributed by atoms with Crippen LogP contribution in [0.25, 0.3) is 0 Å². The van der Waals surface area contributed by atoms with Crippen LogP contribution in [0.2, 0.25) is 0 Å². The van der Waals surface area contributed by atoms with Gasteiger partial charge in [0.05, 0.1) is 6.42 Å². The summed E-state index contributed by atoms with van der Waals surface area (Å²) in [6.07, 6.45) is 24.6. The third-order valence-electron chi connectivity index (χ3n) is 5.32. The Balaban J connectivity index is 1.91. The van der Waals surface area contributed by atoms with E-state index in [0.29, 0.717) is 0 Å². The standard InChI is InChI=1S/C26H42O2/c1-2-3-4-5-6-7-8-9-10-11-12-13-14-15-16-17-19-24-20-18-21-25(22-24)23-26(27)28/h11-12,18,20-22H,2-10,13-17,19,23H2,1H3,(H,27,28). The Morgan fingerprint density at radius 1 is 0.786 bits per heavy atom. The maximum atomic E-state index is 10.8. The quantitative estimate of drug-likeness (QED) is 0.206. The first-order valence-electron chi connectivity index (χ1n) is 11.7. The first-order chi connectivity index (χ1) is 13.7. The number of benzene rings is 1. The topological polar surface area (TPSA) is 37.3 Å². The summed E-state index contributed by atoms with van der Waals surface area (Å²) in [6.45, 7) is 2.28. The Hall–Kier alpha value is -1.57. The van der Waals surface area contributed by atoms with Gasteiger partial charge in [-0.3, -0.25) is 4.79 Å². The molecule has 0 atom stereocenters. The summed E-state index contributed by atoms with van der Waals surface area (Å²) in [5, 5.41) is 8.88. The lowest BCUT2D eigenvalue weighted by atomic mass is 10.0. The Bertz CT molecular complexity index is 533. The average molecular weight is 387 g/mol. The molecule has 158 valence electrons. The fourth-order valence-corrected chi connectivity index (χ4v) is 3.65. The van der Waals surface area contributed by atoms with Crippen molar-refractivity contribution in [2.45, 2.75) is 110 Å². The van der Waals surface area contributed by atoms with E-state index in [-0.39, 0.29) is 6.42 Å². The fourth-order valence-electron chi connectivity index (χ4n) is 3.65. The van der Waals surface area contributed by atoms with E-state index in [1.165, 1.54) is 95.5 Å². The molecule has 1 aromatic carbocycles. The first kappa shape index (κ1) is 24.5. The van der Waals surface area contributed by atoms with E-state index in [2.05, 4.69) is 25.1 Å². The molecule has 2 nitrogen and oxygen atoms in total. The second kappa shape index (κ2) is 17.5. The Labute approximate surface area is 173 Å². The van der Waals surface area contributed by atoms with Crippen LogP contribution in [0.15, 0.2) is 36.4 Å². The van der Waals surface area contributed by atoms with Gasteiger partial charge in [-0.2, -0.15) is 0 Å². The van der Waals surface area contributed by atoms with Gasteiger partial charge in [0.25, 0.3) is 0 Å². The third-order valence-corrected chi connectivity index (χ3v) is 5.32. The second-order valence-corrected chi connectivity index (χ2v) is 8.08. The van der Waals surface area contributed by atoms with Gasteiger partial charge in [-0.1, -0.05) is 101 Å². The van der Waals surface area contributed by atoms with Gasteiger partial charge in [-0.15, -0.1) is 0 Å². The molecule has 2 heteroatoms. The number of rotatable bonds is 18. The van der Waals surface area contributed by atoms with Crippen molar-refractivity contribution in [3.05, 3.63) is 47.5 Å². The molecule has 0 bridgehead atoms. The SMILES string of the molecule is CCCCCCCCCCC=CCCCCCCc1cccc(CC(=O)O)c1. The van der Waals surface area contributed by atoms with E-state index < -0.39 is 5.97 Å². The molecule has 0 unspecified atom stereocenters. The van der Waals surface area contributed by atoms with Crippen LogP contribution >= 0.6 is 0 Å². The Morgan fingerprint density at radius 3 is 1.93 bits per heavy atom. The van der Waals surface area contributed by atoms with Crippen molar-refractivity contribution in [3.8, 4) is 0 Å². The minimum atomic E-state index is -0.757. The van der Waals surface area contributed by atoms with E-state index in [9.17, 15) is 4.79 Å². The van der Waals surface area contributed by atoms with Crippen LogP contribution in [-0.2, 0) is 17.6 Å². The normalized spacial score (nSPS) is 11.3. The summed E-state index contributed by atoms with van der Waals surface area (Å²) in [4.78, 5) is 10.8. The first-order valence-corrected chi connectivity index (χ1v) is 11.7. The summed E-state index contributed by atoms with van der Waals surface area (Å²) in [7, 11) is 0. The van der Waals surface area contributed by atoms with Gasteiger partial charge >= 0.3 is 5.97 Å². The van der Waals surface area contributed by atoms with E-state index in [0.717, 1.165) is 12.0 Å². The maximum absolute atomic E-state index is 10.8. The molecule has 0 saturated heterocycles. The molecule has 1 rings (SSSR count). The monoisotopic (exact) mass is 386 g/mol. The molecule has 0 radical (unpaired) electrons. The zero-order valence-electron chi connectivity index (χ0n) is 18.1. The van der Waals surface area contributed by atoms with Gasteiger partial charge in [0.1, 0.15) is 0 Å².